The van der Waals surface area contributed by atoms with E-state index in [0.29, 0.717) is 0 Å². The summed E-state index contributed by atoms with van der Waals surface area (Å²) in [4.78, 5) is 18.2. The lowest BCUT2D eigenvalue weighted by atomic mass is 9.95. The summed E-state index contributed by atoms with van der Waals surface area (Å²) in [6, 6.07) is 0. The van der Waals surface area contributed by atoms with Gasteiger partial charge < -0.3 is 14.7 Å². The number of piperazine rings is 1. The van der Waals surface area contributed by atoms with Crippen molar-refractivity contribution in [3.05, 3.63) is 11.8 Å². The fourth-order valence-corrected chi connectivity index (χ4v) is 2.74. The van der Waals surface area contributed by atoms with Crippen molar-refractivity contribution in [2.45, 2.75) is 12.5 Å². The molecule has 4 nitrogen and oxygen atoms in total. The lowest BCUT2D eigenvalue weighted by molar-refractivity contribution is -0.131. The maximum absolute atomic E-state index is 11.8. The Morgan fingerprint density at radius 2 is 2.07 bits per heavy atom. The van der Waals surface area contributed by atoms with Gasteiger partial charge in [0, 0.05) is 45.5 Å². The normalized spacial score (nSPS) is 31.6. The van der Waals surface area contributed by atoms with Gasteiger partial charge in [0.1, 0.15) is 0 Å². The molecule has 2 heterocycles. The van der Waals surface area contributed by atoms with Crippen molar-refractivity contribution < 1.29 is 4.79 Å². The molecule has 0 radical (unpaired) electrons. The molecule has 1 saturated heterocycles. The van der Waals surface area contributed by atoms with Gasteiger partial charge in [0.25, 0.3) is 0 Å². The fraction of sp³-hybridized carbons (Fsp3) is 0.727. The first-order valence-corrected chi connectivity index (χ1v) is 5.35. The third-order valence-electron chi connectivity index (χ3n) is 3.44. The van der Waals surface area contributed by atoms with Crippen molar-refractivity contribution in [3.8, 4) is 0 Å². The van der Waals surface area contributed by atoms with Crippen LogP contribution in [0, 0.1) is 0 Å². The first-order chi connectivity index (χ1) is 6.95. The molecule has 0 spiro atoms. The Bertz CT molecular complexity index is 324. The van der Waals surface area contributed by atoms with Gasteiger partial charge in [-0.3, -0.25) is 4.79 Å². The van der Waals surface area contributed by atoms with Gasteiger partial charge in [-0.25, -0.2) is 0 Å². The molecule has 2 rings (SSSR count). The summed E-state index contributed by atoms with van der Waals surface area (Å²) in [6.45, 7) is 4.87. The standard InChI is InChI=1S/C11H19N3O/c1-11-8-13(4)5-6-14(11)10(15)7-9(11)12(2)3/h7H,5-6,8H2,1-4H3. The number of rotatable bonds is 1. The van der Waals surface area contributed by atoms with Gasteiger partial charge in [0.2, 0.25) is 5.91 Å². The van der Waals surface area contributed by atoms with Crippen molar-refractivity contribution in [2.24, 2.45) is 0 Å². The van der Waals surface area contributed by atoms with Gasteiger partial charge in [-0.2, -0.15) is 0 Å². The van der Waals surface area contributed by atoms with Crippen LogP contribution >= 0.6 is 0 Å². The second kappa shape index (κ2) is 3.23. The summed E-state index contributed by atoms with van der Waals surface area (Å²) in [5.74, 6) is 0.161. The van der Waals surface area contributed by atoms with Crippen LogP contribution in [-0.2, 0) is 4.79 Å². The third kappa shape index (κ3) is 1.44. The highest BCUT2D eigenvalue weighted by Gasteiger charge is 2.47. The van der Waals surface area contributed by atoms with Crippen LogP contribution in [-0.4, -0.2) is 66.9 Å². The van der Waals surface area contributed by atoms with Crippen LogP contribution < -0.4 is 0 Å². The Hall–Kier alpha value is -1.03. The van der Waals surface area contributed by atoms with Crippen molar-refractivity contribution in [3.63, 3.8) is 0 Å². The number of fused-ring (bicyclic) bond motifs is 1. The molecule has 0 N–H and O–H groups in total. The van der Waals surface area contributed by atoms with Crippen LogP contribution in [0.25, 0.3) is 0 Å². The van der Waals surface area contributed by atoms with E-state index in [0.717, 1.165) is 25.3 Å². The first kappa shape index (κ1) is 10.5. The van der Waals surface area contributed by atoms with Crippen LogP contribution in [0.2, 0.25) is 0 Å². The topological polar surface area (TPSA) is 26.8 Å². The van der Waals surface area contributed by atoms with Gasteiger partial charge in [0.05, 0.1) is 5.54 Å². The highest BCUT2D eigenvalue weighted by atomic mass is 16.2. The molecule has 0 aromatic heterocycles. The second-order valence-electron chi connectivity index (χ2n) is 4.93. The maximum Gasteiger partial charge on any atom is 0.249 e. The minimum atomic E-state index is -0.131. The molecule has 0 aromatic rings. The molecule has 2 aliphatic heterocycles. The lowest BCUT2D eigenvalue weighted by Gasteiger charge is -2.46. The number of hydrogen-bond acceptors (Lipinski definition) is 3. The average molecular weight is 209 g/mol. The number of nitrogens with zero attached hydrogens (tertiary/aromatic N) is 3. The van der Waals surface area contributed by atoms with Gasteiger partial charge in [0.15, 0.2) is 0 Å². The summed E-state index contributed by atoms with van der Waals surface area (Å²) in [6.07, 6.45) is 1.78. The highest BCUT2D eigenvalue weighted by Crippen LogP contribution is 2.34. The number of carbonyl (C=O) groups is 1. The summed E-state index contributed by atoms with van der Waals surface area (Å²) in [5.41, 5.74) is 0.993. The Morgan fingerprint density at radius 3 is 2.67 bits per heavy atom. The Labute approximate surface area is 91.1 Å². The predicted molar refractivity (Wildman–Crippen MR) is 59.4 cm³/mol. The average Bonchev–Trinajstić information content (AvgIpc) is 2.37. The smallest absolute Gasteiger partial charge is 0.249 e. The molecule has 1 atom stereocenters. The molecule has 4 heteroatoms. The first-order valence-electron chi connectivity index (χ1n) is 5.35. The van der Waals surface area contributed by atoms with Crippen molar-refractivity contribution >= 4 is 5.91 Å². The van der Waals surface area contributed by atoms with Gasteiger partial charge >= 0.3 is 0 Å². The van der Waals surface area contributed by atoms with Crippen LogP contribution in [0.4, 0.5) is 0 Å². The van der Waals surface area contributed by atoms with E-state index in [1.807, 2.05) is 19.0 Å². The van der Waals surface area contributed by atoms with E-state index < -0.39 is 0 Å². The van der Waals surface area contributed by atoms with E-state index in [-0.39, 0.29) is 11.4 Å². The zero-order chi connectivity index (χ0) is 11.2. The number of hydrogen-bond donors (Lipinski definition) is 0. The molecule has 0 aromatic carbocycles. The Morgan fingerprint density at radius 1 is 1.40 bits per heavy atom. The Kier molecular flexibility index (Phi) is 2.26. The van der Waals surface area contributed by atoms with Crippen LogP contribution in [0.3, 0.4) is 0 Å². The molecule has 1 fully saturated rings. The second-order valence-corrected chi connectivity index (χ2v) is 4.93. The fourth-order valence-electron chi connectivity index (χ4n) is 2.74. The van der Waals surface area contributed by atoms with E-state index in [9.17, 15) is 4.79 Å². The minimum absolute atomic E-state index is 0.131. The molecular weight excluding hydrogens is 190 g/mol. The molecule has 15 heavy (non-hydrogen) atoms. The van der Waals surface area contributed by atoms with Crippen LogP contribution in [0.1, 0.15) is 6.92 Å². The lowest BCUT2D eigenvalue weighted by Crippen LogP contribution is -2.60. The highest BCUT2D eigenvalue weighted by molar-refractivity contribution is 5.93. The molecule has 1 amide bonds. The van der Waals surface area contributed by atoms with Crippen molar-refractivity contribution in [1.29, 1.82) is 0 Å². The summed E-state index contributed by atoms with van der Waals surface area (Å²) >= 11 is 0. The monoisotopic (exact) mass is 209 g/mol. The number of likely N-dealkylation sites (N-methyl/N-ethyl adjacent to an activating group) is 2. The van der Waals surface area contributed by atoms with E-state index in [1.54, 1.807) is 6.08 Å². The predicted octanol–water partition coefficient (Wildman–Crippen LogP) is -0.0218. The molecule has 2 aliphatic rings. The number of amides is 1. The maximum atomic E-state index is 11.8. The van der Waals surface area contributed by atoms with Gasteiger partial charge in [-0.1, -0.05) is 0 Å². The van der Waals surface area contributed by atoms with E-state index in [2.05, 4.69) is 23.8 Å². The number of carbonyl (C=O) groups excluding carboxylic acids is 1. The van der Waals surface area contributed by atoms with E-state index in [4.69, 9.17) is 0 Å². The summed E-state index contributed by atoms with van der Waals surface area (Å²) in [7, 11) is 6.11. The molecule has 0 bridgehead atoms. The molecule has 1 unspecified atom stereocenters. The molecule has 84 valence electrons. The largest absolute Gasteiger partial charge is 0.379 e. The van der Waals surface area contributed by atoms with Crippen molar-refractivity contribution in [1.82, 2.24) is 14.7 Å². The van der Waals surface area contributed by atoms with Gasteiger partial charge in [-0.15, -0.1) is 0 Å². The quantitative estimate of drug-likeness (QED) is 0.607. The van der Waals surface area contributed by atoms with E-state index >= 15 is 0 Å². The van der Waals surface area contributed by atoms with E-state index in [1.165, 1.54) is 0 Å². The van der Waals surface area contributed by atoms with Gasteiger partial charge in [-0.05, 0) is 14.0 Å². The molecular formula is C11H19N3O. The third-order valence-corrected chi connectivity index (χ3v) is 3.44. The summed E-state index contributed by atoms with van der Waals surface area (Å²) < 4.78 is 0. The minimum Gasteiger partial charge on any atom is -0.379 e. The molecule has 0 saturated carbocycles. The van der Waals surface area contributed by atoms with Crippen LogP contribution in [0.15, 0.2) is 11.8 Å². The Balaban J connectivity index is 2.35. The zero-order valence-corrected chi connectivity index (χ0v) is 9.95. The molecule has 0 aliphatic carbocycles. The SMILES string of the molecule is CN1CCN2C(=O)C=C(N(C)C)C2(C)C1. The van der Waals surface area contributed by atoms with Crippen molar-refractivity contribution in [2.75, 3.05) is 40.8 Å². The summed E-state index contributed by atoms with van der Waals surface area (Å²) in [5, 5.41) is 0. The zero-order valence-electron chi connectivity index (χ0n) is 9.95. The van der Waals surface area contributed by atoms with Crippen LogP contribution in [0.5, 0.6) is 0 Å².